The van der Waals surface area contributed by atoms with Crippen molar-refractivity contribution >= 4 is 39.9 Å². The van der Waals surface area contributed by atoms with Crippen LogP contribution in [0.3, 0.4) is 0 Å². The van der Waals surface area contributed by atoms with Crippen LogP contribution in [0.2, 0.25) is 0 Å². The van der Waals surface area contributed by atoms with Crippen LogP contribution in [0.4, 0.5) is 0 Å². The number of carbonyl (C=O) groups excluding carboxylic acids is 1. The van der Waals surface area contributed by atoms with Gasteiger partial charge in [-0.05, 0) is 5.92 Å². The molecule has 2 N–H and O–H groups in total. The third-order valence-electron chi connectivity index (χ3n) is 3.09. The maximum Gasteiger partial charge on any atom is 0.326 e. The number of fused-ring (bicyclic) bond motifs is 1. The maximum atomic E-state index is 11.8. The molecule has 1 amide bonds. The molecule has 7 nitrogen and oxygen atoms in total. The highest BCUT2D eigenvalue weighted by Gasteiger charge is 2.23. The lowest BCUT2D eigenvalue weighted by atomic mass is 10.1. The minimum Gasteiger partial charge on any atom is -0.480 e. The first-order chi connectivity index (χ1) is 10.9. The smallest absolute Gasteiger partial charge is 0.326 e. The van der Waals surface area contributed by atoms with Crippen LogP contribution in [-0.2, 0) is 15.3 Å². The number of aromatic nitrogens is 2. The molecule has 9 heteroatoms. The molecule has 23 heavy (non-hydrogen) atoms. The zero-order chi connectivity index (χ0) is 17.0. The van der Waals surface area contributed by atoms with Gasteiger partial charge in [-0.25, -0.2) is 9.78 Å². The molecule has 0 aliphatic rings. The summed E-state index contributed by atoms with van der Waals surface area (Å²) >= 11 is 2.66. The summed E-state index contributed by atoms with van der Waals surface area (Å²) in [5.74, 6) is -1.05. The fourth-order valence-electron chi connectivity index (χ4n) is 1.94. The predicted molar refractivity (Wildman–Crippen MR) is 89.9 cm³/mol. The van der Waals surface area contributed by atoms with E-state index in [1.807, 2.05) is 0 Å². The number of carboxylic acids is 1. The average Bonchev–Trinajstić information content (AvgIpc) is 2.93. The summed E-state index contributed by atoms with van der Waals surface area (Å²) < 4.78 is 1.46. The maximum absolute atomic E-state index is 11.8. The molecule has 0 spiro atoms. The van der Waals surface area contributed by atoms with Crippen molar-refractivity contribution in [2.45, 2.75) is 25.6 Å². The van der Waals surface area contributed by atoms with Gasteiger partial charge in [0.1, 0.15) is 6.04 Å². The van der Waals surface area contributed by atoms with Gasteiger partial charge in [-0.3, -0.25) is 14.0 Å². The number of amides is 1. The molecule has 0 bridgehead atoms. The topological polar surface area (TPSA) is 101 Å². The van der Waals surface area contributed by atoms with Crippen LogP contribution in [-0.4, -0.2) is 38.2 Å². The van der Waals surface area contributed by atoms with Gasteiger partial charge in [-0.15, -0.1) is 23.1 Å². The SMILES string of the molecule is CC(C)[C@@H](NC(=O)CSCc1cc(=O)n2ccsc2n1)C(=O)O. The van der Waals surface area contributed by atoms with Gasteiger partial charge >= 0.3 is 5.97 Å². The van der Waals surface area contributed by atoms with Crippen molar-refractivity contribution in [3.8, 4) is 0 Å². The van der Waals surface area contributed by atoms with E-state index in [4.69, 9.17) is 5.11 Å². The zero-order valence-electron chi connectivity index (χ0n) is 12.7. The van der Waals surface area contributed by atoms with E-state index in [2.05, 4.69) is 10.3 Å². The Morgan fingerprint density at radius 3 is 2.87 bits per heavy atom. The Labute approximate surface area is 140 Å². The minimum atomic E-state index is -1.05. The molecule has 0 aliphatic heterocycles. The average molecular weight is 355 g/mol. The summed E-state index contributed by atoms with van der Waals surface area (Å²) in [4.78, 5) is 39.6. The van der Waals surface area contributed by atoms with E-state index < -0.39 is 12.0 Å². The fraction of sp³-hybridized carbons (Fsp3) is 0.429. The largest absolute Gasteiger partial charge is 0.480 e. The van der Waals surface area contributed by atoms with Crippen molar-refractivity contribution in [2.24, 2.45) is 5.92 Å². The van der Waals surface area contributed by atoms with Crippen LogP contribution < -0.4 is 10.9 Å². The quantitative estimate of drug-likeness (QED) is 0.774. The Balaban J connectivity index is 1.89. The van der Waals surface area contributed by atoms with Gasteiger partial charge in [0.25, 0.3) is 5.56 Å². The first-order valence-electron chi connectivity index (χ1n) is 6.94. The Morgan fingerprint density at radius 2 is 2.22 bits per heavy atom. The number of rotatable bonds is 7. The van der Waals surface area contributed by atoms with Gasteiger partial charge in [-0.1, -0.05) is 13.8 Å². The van der Waals surface area contributed by atoms with Gasteiger partial charge in [-0.2, -0.15) is 0 Å². The number of carboxylic acid groups (broad SMARTS) is 1. The van der Waals surface area contributed by atoms with Gasteiger partial charge in [0, 0.05) is 23.4 Å². The highest BCUT2D eigenvalue weighted by atomic mass is 32.2. The second-order valence-electron chi connectivity index (χ2n) is 5.26. The van der Waals surface area contributed by atoms with Gasteiger partial charge < -0.3 is 10.4 Å². The van der Waals surface area contributed by atoms with Crippen molar-refractivity contribution in [3.05, 3.63) is 33.7 Å². The number of carbonyl (C=O) groups is 2. The molecule has 2 heterocycles. The second kappa shape index (κ2) is 7.60. The van der Waals surface area contributed by atoms with Crippen LogP contribution in [0.25, 0.3) is 4.96 Å². The van der Waals surface area contributed by atoms with Gasteiger partial charge in [0.15, 0.2) is 4.96 Å². The molecule has 2 rings (SSSR count). The lowest BCUT2D eigenvalue weighted by molar-refractivity contribution is -0.142. The van der Waals surface area contributed by atoms with E-state index in [-0.39, 0.29) is 23.1 Å². The van der Waals surface area contributed by atoms with E-state index in [0.29, 0.717) is 16.4 Å². The number of nitrogens with one attached hydrogen (secondary N) is 1. The molecular formula is C14H17N3O4S2. The highest BCUT2D eigenvalue weighted by molar-refractivity contribution is 7.99. The van der Waals surface area contributed by atoms with Crippen molar-refractivity contribution in [2.75, 3.05) is 5.75 Å². The summed E-state index contributed by atoms with van der Waals surface area (Å²) in [5, 5.41) is 13.3. The third-order valence-corrected chi connectivity index (χ3v) is 4.81. The predicted octanol–water partition coefficient (Wildman–Crippen LogP) is 1.21. The lowest BCUT2D eigenvalue weighted by Crippen LogP contribution is -2.45. The van der Waals surface area contributed by atoms with Crippen molar-refractivity contribution in [3.63, 3.8) is 0 Å². The van der Waals surface area contributed by atoms with Gasteiger partial charge in [0.05, 0.1) is 11.4 Å². The van der Waals surface area contributed by atoms with Crippen LogP contribution in [0.5, 0.6) is 0 Å². The van der Waals surface area contributed by atoms with E-state index in [1.54, 1.807) is 25.4 Å². The number of thiazole rings is 1. The normalized spacial score (nSPS) is 12.5. The number of nitrogens with zero attached hydrogens (tertiary/aromatic N) is 2. The molecule has 0 aromatic carbocycles. The molecule has 0 saturated heterocycles. The first kappa shape index (κ1) is 17.5. The van der Waals surface area contributed by atoms with E-state index in [9.17, 15) is 14.4 Å². The van der Waals surface area contributed by atoms with E-state index >= 15 is 0 Å². The van der Waals surface area contributed by atoms with Crippen LogP contribution in [0.1, 0.15) is 19.5 Å². The number of aliphatic carboxylic acids is 1. The summed E-state index contributed by atoms with van der Waals surface area (Å²) in [7, 11) is 0. The molecule has 124 valence electrons. The fourth-order valence-corrected chi connectivity index (χ4v) is 3.41. The summed E-state index contributed by atoms with van der Waals surface area (Å²) in [6.45, 7) is 3.47. The van der Waals surface area contributed by atoms with Crippen molar-refractivity contribution in [1.29, 1.82) is 0 Å². The number of hydrogen-bond donors (Lipinski definition) is 2. The molecule has 0 radical (unpaired) electrons. The van der Waals surface area contributed by atoms with E-state index in [1.165, 1.54) is 33.6 Å². The van der Waals surface area contributed by atoms with Crippen molar-refractivity contribution < 1.29 is 14.7 Å². The summed E-state index contributed by atoms with van der Waals surface area (Å²) in [6.07, 6.45) is 1.66. The summed E-state index contributed by atoms with van der Waals surface area (Å²) in [5.41, 5.74) is 0.455. The lowest BCUT2D eigenvalue weighted by Gasteiger charge is -2.17. The first-order valence-corrected chi connectivity index (χ1v) is 8.97. The molecule has 0 aliphatic carbocycles. The van der Waals surface area contributed by atoms with Crippen LogP contribution in [0.15, 0.2) is 22.4 Å². The Hall–Kier alpha value is -1.87. The molecule has 2 aromatic rings. The second-order valence-corrected chi connectivity index (χ2v) is 7.12. The highest BCUT2D eigenvalue weighted by Crippen LogP contribution is 2.12. The minimum absolute atomic E-state index is 0.113. The summed E-state index contributed by atoms with van der Waals surface area (Å²) in [6, 6.07) is 0.548. The van der Waals surface area contributed by atoms with E-state index in [0.717, 1.165) is 0 Å². The Bertz CT molecular complexity index is 769. The third kappa shape index (κ3) is 4.55. The molecule has 2 aromatic heterocycles. The van der Waals surface area contributed by atoms with Crippen molar-refractivity contribution in [1.82, 2.24) is 14.7 Å². The number of thioether (sulfide) groups is 1. The van der Waals surface area contributed by atoms with Crippen LogP contribution >= 0.6 is 23.1 Å². The molecular weight excluding hydrogens is 338 g/mol. The Morgan fingerprint density at radius 1 is 1.48 bits per heavy atom. The monoisotopic (exact) mass is 355 g/mol. The Kier molecular flexibility index (Phi) is 5.78. The zero-order valence-corrected chi connectivity index (χ0v) is 14.3. The molecule has 0 fully saturated rings. The standard InChI is InChI=1S/C14H17N3O4S2/c1-8(2)12(13(20)21)16-10(18)7-22-6-9-5-11(19)17-3-4-23-14(17)15-9/h3-5,8,12H,6-7H2,1-2H3,(H,16,18)(H,20,21)/t12-/m1/s1. The van der Waals surface area contributed by atoms with Crippen LogP contribution in [0, 0.1) is 5.92 Å². The molecule has 0 saturated carbocycles. The number of hydrogen-bond acceptors (Lipinski definition) is 6. The molecule has 1 atom stereocenters. The molecule has 0 unspecified atom stereocenters. The van der Waals surface area contributed by atoms with Gasteiger partial charge in [0.2, 0.25) is 5.91 Å².